The molecule has 0 unspecified atom stereocenters. The van der Waals surface area contributed by atoms with E-state index < -0.39 is 0 Å². The van der Waals surface area contributed by atoms with E-state index in [9.17, 15) is 4.79 Å². The minimum Gasteiger partial charge on any atom is -0.399 e. The standard InChI is InChI=1S/C17H17N3O/c1-12-6-7-13(10-15(12)19)8-9-17(21)20-16-5-3-2-4-14(16)11-18/h2-7,10H,8-9,19H2,1H3,(H,20,21). The van der Waals surface area contributed by atoms with E-state index in [4.69, 9.17) is 11.0 Å². The molecule has 1 amide bonds. The first-order valence-electron chi connectivity index (χ1n) is 6.74. The summed E-state index contributed by atoms with van der Waals surface area (Å²) in [6, 6.07) is 14.8. The third kappa shape index (κ3) is 3.83. The summed E-state index contributed by atoms with van der Waals surface area (Å²) in [5, 5.41) is 11.7. The number of hydrogen-bond acceptors (Lipinski definition) is 3. The van der Waals surface area contributed by atoms with Crippen LogP contribution in [0.2, 0.25) is 0 Å². The van der Waals surface area contributed by atoms with Crippen LogP contribution in [-0.2, 0) is 11.2 Å². The van der Waals surface area contributed by atoms with Crippen LogP contribution in [0.1, 0.15) is 23.1 Å². The van der Waals surface area contributed by atoms with Crippen molar-refractivity contribution in [2.45, 2.75) is 19.8 Å². The number of aryl methyl sites for hydroxylation is 2. The molecule has 0 bridgehead atoms. The predicted molar refractivity (Wildman–Crippen MR) is 83.7 cm³/mol. The number of amides is 1. The fourth-order valence-electron chi connectivity index (χ4n) is 2.01. The topological polar surface area (TPSA) is 78.9 Å². The van der Waals surface area contributed by atoms with Crippen LogP contribution in [-0.4, -0.2) is 5.91 Å². The van der Waals surface area contributed by atoms with Crippen molar-refractivity contribution in [3.8, 4) is 6.07 Å². The second-order valence-electron chi connectivity index (χ2n) is 4.90. The number of hydrogen-bond donors (Lipinski definition) is 2. The van der Waals surface area contributed by atoms with Gasteiger partial charge < -0.3 is 11.1 Å². The molecule has 0 aliphatic rings. The first-order valence-corrected chi connectivity index (χ1v) is 6.74. The van der Waals surface area contributed by atoms with Gasteiger partial charge in [-0.1, -0.05) is 24.3 Å². The Bertz CT molecular complexity index is 701. The number of benzene rings is 2. The van der Waals surface area contributed by atoms with E-state index in [0.29, 0.717) is 24.1 Å². The van der Waals surface area contributed by atoms with Crippen molar-refractivity contribution in [3.05, 3.63) is 59.2 Å². The van der Waals surface area contributed by atoms with Crippen molar-refractivity contribution in [2.75, 3.05) is 11.1 Å². The molecule has 21 heavy (non-hydrogen) atoms. The average Bonchev–Trinajstić information content (AvgIpc) is 2.49. The van der Waals surface area contributed by atoms with Crippen LogP contribution in [0.15, 0.2) is 42.5 Å². The minimum absolute atomic E-state index is 0.114. The largest absolute Gasteiger partial charge is 0.399 e. The van der Waals surface area contributed by atoms with Crippen molar-refractivity contribution >= 4 is 17.3 Å². The molecule has 0 saturated heterocycles. The Hall–Kier alpha value is -2.80. The summed E-state index contributed by atoms with van der Waals surface area (Å²) in [4.78, 5) is 12.0. The number of nitrogens with zero attached hydrogens (tertiary/aromatic N) is 1. The zero-order valence-corrected chi connectivity index (χ0v) is 11.9. The highest BCUT2D eigenvalue weighted by Gasteiger charge is 2.07. The fourth-order valence-corrected chi connectivity index (χ4v) is 2.01. The van der Waals surface area contributed by atoms with E-state index in [1.54, 1.807) is 24.3 Å². The number of nitrogens with two attached hydrogens (primary N) is 1. The monoisotopic (exact) mass is 279 g/mol. The van der Waals surface area contributed by atoms with Crippen molar-refractivity contribution in [3.63, 3.8) is 0 Å². The van der Waals surface area contributed by atoms with E-state index in [2.05, 4.69) is 11.4 Å². The summed E-state index contributed by atoms with van der Waals surface area (Å²) < 4.78 is 0. The second-order valence-corrected chi connectivity index (χ2v) is 4.90. The van der Waals surface area contributed by atoms with Gasteiger partial charge in [0.1, 0.15) is 6.07 Å². The number of para-hydroxylation sites is 1. The first-order chi connectivity index (χ1) is 10.1. The molecular weight excluding hydrogens is 262 g/mol. The van der Waals surface area contributed by atoms with Gasteiger partial charge >= 0.3 is 0 Å². The van der Waals surface area contributed by atoms with Crippen molar-refractivity contribution in [1.82, 2.24) is 0 Å². The molecule has 2 aromatic rings. The van der Waals surface area contributed by atoms with E-state index in [1.165, 1.54) is 0 Å². The third-order valence-corrected chi connectivity index (χ3v) is 3.31. The summed E-state index contributed by atoms with van der Waals surface area (Å²) >= 11 is 0. The molecule has 0 atom stereocenters. The maximum Gasteiger partial charge on any atom is 0.224 e. The molecule has 0 saturated carbocycles. The molecule has 0 aliphatic heterocycles. The van der Waals surface area contributed by atoms with Crippen LogP contribution < -0.4 is 11.1 Å². The molecule has 3 N–H and O–H groups in total. The average molecular weight is 279 g/mol. The Morgan fingerprint density at radius 1 is 1.29 bits per heavy atom. The van der Waals surface area contributed by atoms with Crippen LogP contribution in [0.3, 0.4) is 0 Å². The molecule has 0 heterocycles. The maximum absolute atomic E-state index is 12.0. The van der Waals surface area contributed by atoms with E-state index in [1.807, 2.05) is 25.1 Å². The molecule has 0 aliphatic carbocycles. The van der Waals surface area contributed by atoms with Gasteiger partial charge in [-0.25, -0.2) is 0 Å². The Morgan fingerprint density at radius 3 is 2.76 bits per heavy atom. The van der Waals surface area contributed by atoms with Crippen LogP contribution >= 0.6 is 0 Å². The van der Waals surface area contributed by atoms with Gasteiger partial charge in [-0.2, -0.15) is 5.26 Å². The predicted octanol–water partition coefficient (Wildman–Crippen LogP) is 3.02. The number of nitrogens with one attached hydrogen (secondary N) is 1. The zero-order chi connectivity index (χ0) is 15.2. The molecule has 0 fully saturated rings. The summed E-state index contributed by atoms with van der Waals surface area (Å²) in [6.45, 7) is 1.95. The van der Waals surface area contributed by atoms with Gasteiger partial charge in [0.05, 0.1) is 11.3 Å². The summed E-state index contributed by atoms with van der Waals surface area (Å²) in [6.07, 6.45) is 0.966. The third-order valence-electron chi connectivity index (χ3n) is 3.31. The molecule has 2 aromatic carbocycles. The normalized spacial score (nSPS) is 9.90. The molecule has 0 radical (unpaired) electrons. The number of carbonyl (C=O) groups is 1. The highest BCUT2D eigenvalue weighted by molar-refractivity contribution is 5.92. The number of anilines is 2. The molecule has 0 aromatic heterocycles. The molecule has 4 nitrogen and oxygen atoms in total. The van der Waals surface area contributed by atoms with E-state index in [0.717, 1.165) is 16.8 Å². The van der Waals surface area contributed by atoms with Gasteiger partial charge in [0.15, 0.2) is 0 Å². The van der Waals surface area contributed by atoms with Crippen molar-refractivity contribution in [1.29, 1.82) is 5.26 Å². The van der Waals surface area contributed by atoms with Crippen LogP contribution in [0.5, 0.6) is 0 Å². The quantitative estimate of drug-likeness (QED) is 0.844. The number of nitrogen functional groups attached to an aromatic ring is 1. The summed E-state index contributed by atoms with van der Waals surface area (Å²) in [5.41, 5.74) is 9.67. The molecule has 0 spiro atoms. The lowest BCUT2D eigenvalue weighted by Crippen LogP contribution is -2.13. The first kappa shape index (κ1) is 14.6. The lowest BCUT2D eigenvalue weighted by Gasteiger charge is -2.08. The Balaban J connectivity index is 1.96. The lowest BCUT2D eigenvalue weighted by atomic mass is 10.1. The smallest absolute Gasteiger partial charge is 0.224 e. The van der Waals surface area contributed by atoms with Gasteiger partial charge in [-0.05, 0) is 42.7 Å². The van der Waals surface area contributed by atoms with Gasteiger partial charge in [0, 0.05) is 12.1 Å². The number of nitriles is 1. The molecular formula is C17H17N3O. The van der Waals surface area contributed by atoms with E-state index >= 15 is 0 Å². The Morgan fingerprint density at radius 2 is 2.05 bits per heavy atom. The molecule has 2 rings (SSSR count). The fraction of sp³-hybridized carbons (Fsp3) is 0.176. The van der Waals surface area contributed by atoms with Crippen LogP contribution in [0.25, 0.3) is 0 Å². The Kier molecular flexibility index (Phi) is 4.57. The van der Waals surface area contributed by atoms with Gasteiger partial charge in [0.25, 0.3) is 0 Å². The van der Waals surface area contributed by atoms with Crippen LogP contribution in [0, 0.1) is 18.3 Å². The van der Waals surface area contributed by atoms with Crippen molar-refractivity contribution in [2.24, 2.45) is 0 Å². The lowest BCUT2D eigenvalue weighted by molar-refractivity contribution is -0.116. The van der Waals surface area contributed by atoms with Gasteiger partial charge in [-0.3, -0.25) is 4.79 Å². The van der Waals surface area contributed by atoms with Crippen molar-refractivity contribution < 1.29 is 4.79 Å². The SMILES string of the molecule is Cc1ccc(CCC(=O)Nc2ccccc2C#N)cc1N. The number of carbonyl (C=O) groups excluding carboxylic acids is 1. The highest BCUT2D eigenvalue weighted by atomic mass is 16.1. The summed E-state index contributed by atoms with van der Waals surface area (Å²) in [7, 11) is 0. The molecule has 106 valence electrons. The summed E-state index contributed by atoms with van der Waals surface area (Å²) in [5.74, 6) is -0.114. The Labute approximate surface area is 124 Å². The minimum atomic E-state index is -0.114. The maximum atomic E-state index is 12.0. The second kappa shape index (κ2) is 6.58. The van der Waals surface area contributed by atoms with Gasteiger partial charge in [0.2, 0.25) is 5.91 Å². The molecule has 4 heteroatoms. The zero-order valence-electron chi connectivity index (χ0n) is 11.9. The van der Waals surface area contributed by atoms with Crippen LogP contribution in [0.4, 0.5) is 11.4 Å². The number of rotatable bonds is 4. The highest BCUT2D eigenvalue weighted by Crippen LogP contribution is 2.16. The van der Waals surface area contributed by atoms with E-state index in [-0.39, 0.29) is 5.91 Å². The van der Waals surface area contributed by atoms with Gasteiger partial charge in [-0.15, -0.1) is 0 Å².